The van der Waals surface area contributed by atoms with E-state index in [9.17, 15) is 14.4 Å². The lowest BCUT2D eigenvalue weighted by Crippen LogP contribution is -2.32. The summed E-state index contributed by atoms with van der Waals surface area (Å²) in [7, 11) is 0. The van der Waals surface area contributed by atoms with Crippen molar-refractivity contribution in [1.82, 2.24) is 4.57 Å². The predicted octanol–water partition coefficient (Wildman–Crippen LogP) is 6.71. The molecule has 10 heteroatoms. The molecule has 4 aromatic rings. The van der Waals surface area contributed by atoms with Gasteiger partial charge in [0.15, 0.2) is 0 Å². The number of fused-ring (bicyclic) bond motifs is 2. The second-order valence-electron chi connectivity index (χ2n) is 8.83. The van der Waals surface area contributed by atoms with E-state index in [-0.39, 0.29) is 16.7 Å². The first-order chi connectivity index (χ1) is 17.8. The van der Waals surface area contributed by atoms with Gasteiger partial charge < -0.3 is 0 Å². The maximum Gasteiger partial charge on any atom is 0.308 e. The Balaban J connectivity index is 1.48. The molecule has 0 unspecified atom stereocenters. The zero-order chi connectivity index (χ0) is 25.8. The quantitative estimate of drug-likeness (QED) is 0.249. The molecular weight excluding hydrogens is 571 g/mol. The monoisotopic (exact) mass is 586 g/mol. The first kappa shape index (κ1) is 24.8. The van der Waals surface area contributed by atoms with Crippen LogP contribution in [-0.4, -0.2) is 21.6 Å². The van der Waals surface area contributed by atoms with Crippen LogP contribution in [0.5, 0.6) is 0 Å². The van der Waals surface area contributed by atoms with Crippen LogP contribution in [0.4, 0.5) is 5.69 Å². The third-order valence-electron chi connectivity index (χ3n) is 6.62. The van der Waals surface area contributed by atoms with Gasteiger partial charge in [-0.1, -0.05) is 82.2 Å². The lowest BCUT2D eigenvalue weighted by molar-refractivity contribution is -0.122. The first-order valence-corrected chi connectivity index (χ1v) is 14.2. The fourth-order valence-corrected chi connectivity index (χ4v) is 8.05. The summed E-state index contributed by atoms with van der Waals surface area (Å²) in [5, 5.41) is 1.73. The number of carbonyl (C=O) groups excluding carboxylic acids is 2. The highest BCUT2D eigenvalue weighted by Crippen LogP contribution is 2.54. The lowest BCUT2D eigenvalue weighted by Gasteiger charge is -2.30. The highest BCUT2D eigenvalue weighted by molar-refractivity contribution is 8.00. The number of amides is 2. The molecule has 0 saturated carbocycles. The largest absolute Gasteiger partial charge is 0.308 e. The summed E-state index contributed by atoms with van der Waals surface area (Å²) < 4.78 is 1.69. The number of carbonyl (C=O) groups is 2. The molecule has 0 N–H and O–H groups in total. The van der Waals surface area contributed by atoms with E-state index in [2.05, 4.69) is 0 Å². The third kappa shape index (κ3) is 4.33. The van der Waals surface area contributed by atoms with E-state index in [1.807, 2.05) is 24.3 Å². The topological polar surface area (TPSA) is 59.4 Å². The van der Waals surface area contributed by atoms with Gasteiger partial charge in [-0.2, -0.15) is 0 Å². The number of thioether (sulfide) groups is 1. The predicted molar refractivity (Wildman–Crippen MR) is 150 cm³/mol. The summed E-state index contributed by atoms with van der Waals surface area (Å²) in [6.45, 7) is 0.336. The highest BCUT2D eigenvalue weighted by atomic mass is 35.5. The highest BCUT2D eigenvalue weighted by Gasteiger charge is 2.56. The smallest absolute Gasteiger partial charge is 0.289 e. The van der Waals surface area contributed by atoms with Gasteiger partial charge in [0.05, 0.1) is 23.2 Å². The average molecular weight is 588 g/mol. The van der Waals surface area contributed by atoms with Crippen LogP contribution in [0.2, 0.25) is 15.1 Å². The second kappa shape index (κ2) is 9.64. The Kier molecular flexibility index (Phi) is 6.45. The Hall–Kier alpha value is -2.55. The Morgan fingerprint density at radius 2 is 1.30 bits per heavy atom. The van der Waals surface area contributed by atoms with E-state index in [0.717, 1.165) is 27.3 Å². The molecule has 1 saturated heterocycles. The van der Waals surface area contributed by atoms with Crippen LogP contribution < -0.4 is 9.77 Å². The van der Waals surface area contributed by atoms with Crippen molar-refractivity contribution in [3.8, 4) is 0 Å². The van der Waals surface area contributed by atoms with Crippen LogP contribution in [-0.2, 0) is 16.1 Å². The first-order valence-electron chi connectivity index (χ1n) is 11.4. The number of rotatable bonds is 4. The third-order valence-corrected chi connectivity index (χ3v) is 9.98. The molecule has 5 nitrogen and oxygen atoms in total. The number of hydrogen-bond acceptors (Lipinski definition) is 5. The van der Waals surface area contributed by atoms with Gasteiger partial charge in [0.2, 0.25) is 11.8 Å². The lowest BCUT2D eigenvalue weighted by atomic mass is 9.83. The molecule has 2 aliphatic heterocycles. The van der Waals surface area contributed by atoms with E-state index in [1.165, 1.54) is 16.7 Å². The van der Waals surface area contributed by atoms with Crippen molar-refractivity contribution in [2.24, 2.45) is 5.92 Å². The number of anilines is 1. The molecule has 3 heterocycles. The van der Waals surface area contributed by atoms with Crippen LogP contribution in [0, 0.1) is 5.92 Å². The van der Waals surface area contributed by atoms with E-state index in [4.69, 9.17) is 34.8 Å². The number of thiazole rings is 1. The maximum atomic E-state index is 13.9. The van der Waals surface area contributed by atoms with Crippen molar-refractivity contribution < 1.29 is 9.59 Å². The minimum Gasteiger partial charge on any atom is -0.289 e. The fourth-order valence-electron chi connectivity index (χ4n) is 4.90. The molecule has 0 spiro atoms. The molecule has 37 heavy (non-hydrogen) atoms. The Labute approximate surface area is 235 Å². The Morgan fingerprint density at radius 3 is 1.92 bits per heavy atom. The van der Waals surface area contributed by atoms with E-state index >= 15 is 0 Å². The number of imide groups is 1. The maximum absolute atomic E-state index is 13.9. The van der Waals surface area contributed by atoms with Crippen molar-refractivity contribution >= 4 is 75.4 Å². The van der Waals surface area contributed by atoms with E-state index < -0.39 is 17.1 Å². The van der Waals surface area contributed by atoms with Gasteiger partial charge >= 0.3 is 4.87 Å². The number of nitrogens with zero attached hydrogens (tertiary/aromatic N) is 2. The molecule has 186 valence electrons. The number of aromatic nitrogens is 1. The van der Waals surface area contributed by atoms with Gasteiger partial charge in [0, 0.05) is 25.9 Å². The van der Waals surface area contributed by atoms with Gasteiger partial charge in [-0.15, -0.1) is 0 Å². The summed E-state index contributed by atoms with van der Waals surface area (Å²) >= 11 is 20.7. The van der Waals surface area contributed by atoms with Crippen molar-refractivity contribution in [3.05, 3.63) is 114 Å². The SMILES string of the molecule is O=C1[C@H]2[C@@H](c3ccc(Cl)cc3)c3sc(=O)n(Cc4ccc(Cl)cc4)c3S[C@H]2C(=O)N1c1ccc(Cl)cc1. The van der Waals surface area contributed by atoms with Crippen molar-refractivity contribution in [2.45, 2.75) is 22.7 Å². The molecule has 0 aliphatic carbocycles. The van der Waals surface area contributed by atoms with Gasteiger partial charge in [0.1, 0.15) is 5.25 Å². The van der Waals surface area contributed by atoms with Gasteiger partial charge in [-0.05, 0) is 59.7 Å². The number of halogens is 3. The van der Waals surface area contributed by atoms with Crippen LogP contribution in [0.1, 0.15) is 21.9 Å². The summed E-state index contributed by atoms with van der Waals surface area (Å²) in [6.07, 6.45) is 0. The normalized spacial score (nSPS) is 20.7. The van der Waals surface area contributed by atoms with Crippen molar-refractivity contribution in [2.75, 3.05) is 4.90 Å². The number of benzene rings is 3. The van der Waals surface area contributed by atoms with Gasteiger partial charge in [0.25, 0.3) is 0 Å². The summed E-state index contributed by atoms with van der Waals surface area (Å²) in [5.41, 5.74) is 2.22. The standard InChI is InChI=1S/C27H17Cl3N2O3S2/c28-16-5-1-14(2-6-16)13-31-26-23(37-27(31)35)20(15-3-7-17(29)8-4-15)21-22(36-26)25(34)32(24(21)33)19-11-9-18(30)10-12-19/h1-12,20-22H,13H2/t20-,21+,22-/m1/s1. The fraction of sp³-hybridized carbons (Fsp3) is 0.148. The Bertz CT molecular complexity index is 1580. The molecular formula is C27H17Cl3N2O3S2. The minimum absolute atomic E-state index is 0.138. The van der Waals surface area contributed by atoms with E-state index in [0.29, 0.717) is 32.3 Å². The van der Waals surface area contributed by atoms with Gasteiger partial charge in [-0.25, -0.2) is 4.90 Å². The van der Waals surface area contributed by atoms with Gasteiger partial charge in [-0.3, -0.25) is 19.0 Å². The van der Waals surface area contributed by atoms with Crippen molar-refractivity contribution in [1.29, 1.82) is 0 Å². The summed E-state index contributed by atoms with van der Waals surface area (Å²) in [4.78, 5) is 42.7. The zero-order valence-corrected chi connectivity index (χ0v) is 22.8. The second-order valence-corrected chi connectivity index (χ2v) is 12.3. The molecule has 0 bridgehead atoms. The molecule has 2 aliphatic rings. The van der Waals surface area contributed by atoms with Crippen LogP contribution in [0.25, 0.3) is 0 Å². The molecule has 0 radical (unpaired) electrons. The van der Waals surface area contributed by atoms with E-state index in [1.54, 1.807) is 53.1 Å². The Morgan fingerprint density at radius 1 is 0.730 bits per heavy atom. The number of hydrogen-bond donors (Lipinski definition) is 0. The molecule has 1 aromatic heterocycles. The molecule has 3 aromatic carbocycles. The summed E-state index contributed by atoms with van der Waals surface area (Å²) in [6, 6.07) is 21.2. The van der Waals surface area contributed by atoms with Crippen LogP contribution in [0.15, 0.2) is 82.6 Å². The van der Waals surface area contributed by atoms with Crippen LogP contribution >= 0.6 is 57.9 Å². The van der Waals surface area contributed by atoms with Crippen LogP contribution in [0.3, 0.4) is 0 Å². The molecule has 6 rings (SSSR count). The molecule has 1 fully saturated rings. The zero-order valence-electron chi connectivity index (χ0n) is 18.9. The average Bonchev–Trinajstić information content (AvgIpc) is 3.33. The molecule has 3 atom stereocenters. The summed E-state index contributed by atoms with van der Waals surface area (Å²) in [5.74, 6) is -1.72. The van der Waals surface area contributed by atoms with Crippen molar-refractivity contribution in [3.63, 3.8) is 0 Å². The molecule has 2 amide bonds. The minimum atomic E-state index is -0.679.